The zero-order valence-electron chi connectivity index (χ0n) is 12.7. The number of aryl methyl sites for hydroxylation is 1. The van der Waals surface area contributed by atoms with Crippen molar-refractivity contribution in [2.45, 2.75) is 18.8 Å². The maximum absolute atomic E-state index is 11.0. The van der Waals surface area contributed by atoms with Gasteiger partial charge in [-0.05, 0) is 29.9 Å². The summed E-state index contributed by atoms with van der Waals surface area (Å²) in [7, 11) is -2.34. The predicted molar refractivity (Wildman–Crippen MR) is 75.7 cm³/mol. The van der Waals surface area contributed by atoms with Gasteiger partial charge in [-0.15, -0.1) is 0 Å². The normalized spacial score (nSPS) is 11.4. The molecule has 2 nitrogen and oxygen atoms in total. The summed E-state index contributed by atoms with van der Waals surface area (Å²) in [6.07, 6.45) is 1.99. The molecule has 0 saturated carbocycles. The molecule has 0 N–H and O–H groups in total. The van der Waals surface area contributed by atoms with Gasteiger partial charge in [-0.3, -0.25) is 0 Å². The van der Waals surface area contributed by atoms with Crippen molar-refractivity contribution in [3.63, 3.8) is 0 Å². The molecule has 5 heteroatoms. The van der Waals surface area contributed by atoms with E-state index in [1.807, 2.05) is 48.5 Å². The maximum atomic E-state index is 11.0. The summed E-state index contributed by atoms with van der Waals surface area (Å²) in [4.78, 5) is 22.1. The van der Waals surface area contributed by atoms with E-state index in [1.54, 1.807) is 0 Å². The van der Waals surface area contributed by atoms with Crippen molar-refractivity contribution >= 4 is 8.38 Å². The van der Waals surface area contributed by atoms with Gasteiger partial charge in [0.25, 0.3) is 0 Å². The Morgan fingerprint density at radius 1 is 0.810 bits per heavy atom. The zero-order valence-corrected chi connectivity index (χ0v) is 17.6. The first kappa shape index (κ1) is 21.8. The second-order valence-electron chi connectivity index (χ2n) is 4.65. The summed E-state index contributed by atoms with van der Waals surface area (Å²) in [5, 5.41) is 0. The molecule has 0 aliphatic heterocycles. The van der Waals surface area contributed by atoms with Crippen LogP contribution >= 0.6 is 8.38 Å². The van der Waals surface area contributed by atoms with Gasteiger partial charge in [-0.2, -0.15) is 0 Å². The van der Waals surface area contributed by atoms with E-state index in [9.17, 15) is 9.79 Å². The van der Waals surface area contributed by atoms with E-state index >= 15 is 0 Å². The van der Waals surface area contributed by atoms with Crippen LogP contribution in [0.2, 0.25) is 0 Å². The molecule has 0 radical (unpaired) electrons. The molecule has 2 rings (SSSR count). The average Bonchev–Trinajstić information content (AvgIpc) is 2.45. The van der Waals surface area contributed by atoms with Gasteiger partial charge in [0.1, 0.15) is 0 Å². The van der Waals surface area contributed by atoms with Gasteiger partial charge in [-0.25, -0.2) is 0 Å². The fourth-order valence-corrected chi connectivity index (χ4v) is 3.01. The Hall–Kier alpha value is 0.790. The largest absolute Gasteiger partial charge is 1.00 e. The molecule has 0 aromatic heterocycles. The Morgan fingerprint density at radius 3 is 1.86 bits per heavy atom. The van der Waals surface area contributed by atoms with Crippen LogP contribution in [0.15, 0.2) is 60.7 Å². The molecule has 100 valence electrons. The Kier molecular flexibility index (Phi) is 12.7. The predicted octanol–water partition coefficient (Wildman–Crippen LogP) is -3.56. The fraction of sp³-hybridized carbons (Fsp3) is 0.250. The van der Waals surface area contributed by atoms with E-state index in [0.717, 1.165) is 18.4 Å². The van der Waals surface area contributed by atoms with Crippen LogP contribution in [0.1, 0.15) is 23.5 Å². The second kappa shape index (κ2) is 12.2. The average molecular weight is 318 g/mol. The summed E-state index contributed by atoms with van der Waals surface area (Å²) in [6, 6.07) is 20.1. The molecule has 1 atom stereocenters. The van der Waals surface area contributed by atoms with E-state index in [-0.39, 0.29) is 71.2 Å². The molecular formula is C16H17Na2O2P. The van der Waals surface area contributed by atoms with Crippen molar-refractivity contribution in [3.05, 3.63) is 71.8 Å². The Balaban J connectivity index is 0.00000200. The van der Waals surface area contributed by atoms with E-state index in [4.69, 9.17) is 0 Å². The molecule has 0 saturated heterocycles. The Labute approximate surface area is 172 Å². The van der Waals surface area contributed by atoms with Crippen LogP contribution in [0.4, 0.5) is 0 Å². The van der Waals surface area contributed by atoms with Crippen molar-refractivity contribution in [3.8, 4) is 0 Å². The zero-order chi connectivity index (χ0) is 13.5. The topological polar surface area (TPSA) is 46.1 Å². The SMILES string of the molecule is [Na+].[Na+].[O-]P([O-])CC(CCc1ccccc1)c1ccccc1. The molecule has 2 aromatic carbocycles. The Bertz CT molecular complexity index is 480. The summed E-state index contributed by atoms with van der Waals surface area (Å²) >= 11 is 0. The smallest absolute Gasteiger partial charge is 0.842 e. The van der Waals surface area contributed by atoms with Crippen LogP contribution in [0.3, 0.4) is 0 Å². The molecule has 21 heavy (non-hydrogen) atoms. The van der Waals surface area contributed by atoms with Crippen LogP contribution in [0.5, 0.6) is 0 Å². The molecule has 0 bridgehead atoms. The van der Waals surface area contributed by atoms with Gasteiger partial charge >= 0.3 is 59.1 Å². The molecule has 0 heterocycles. The minimum Gasteiger partial charge on any atom is -0.842 e. The number of rotatable bonds is 6. The first-order valence-electron chi connectivity index (χ1n) is 6.46. The third-order valence-corrected chi connectivity index (χ3v) is 4.00. The van der Waals surface area contributed by atoms with Crippen molar-refractivity contribution in [1.29, 1.82) is 0 Å². The molecule has 0 fully saturated rings. The Morgan fingerprint density at radius 2 is 1.33 bits per heavy atom. The minimum absolute atomic E-state index is 0. The summed E-state index contributed by atoms with van der Waals surface area (Å²) < 4.78 is 0. The second-order valence-corrected chi connectivity index (χ2v) is 5.68. The van der Waals surface area contributed by atoms with Crippen LogP contribution in [0, 0.1) is 0 Å². The number of hydrogen-bond acceptors (Lipinski definition) is 2. The third kappa shape index (κ3) is 8.27. The van der Waals surface area contributed by atoms with Crippen LogP contribution in [0.25, 0.3) is 0 Å². The van der Waals surface area contributed by atoms with Gasteiger partial charge < -0.3 is 18.2 Å². The van der Waals surface area contributed by atoms with Crippen molar-refractivity contribution in [2.24, 2.45) is 0 Å². The molecular weight excluding hydrogens is 301 g/mol. The summed E-state index contributed by atoms with van der Waals surface area (Å²) in [6.45, 7) is 0. The quantitative estimate of drug-likeness (QED) is 0.409. The monoisotopic (exact) mass is 318 g/mol. The van der Waals surface area contributed by atoms with E-state index < -0.39 is 8.38 Å². The third-order valence-electron chi connectivity index (χ3n) is 3.26. The van der Waals surface area contributed by atoms with Crippen LogP contribution in [-0.4, -0.2) is 6.16 Å². The summed E-state index contributed by atoms with van der Waals surface area (Å²) in [5.74, 6) is 0.0857. The first-order chi connectivity index (χ1) is 9.25. The minimum atomic E-state index is -2.34. The molecule has 1 unspecified atom stereocenters. The van der Waals surface area contributed by atoms with Gasteiger partial charge in [0.15, 0.2) is 0 Å². The fourth-order valence-electron chi connectivity index (χ4n) is 2.25. The van der Waals surface area contributed by atoms with Gasteiger partial charge in [0.05, 0.1) is 0 Å². The van der Waals surface area contributed by atoms with Gasteiger partial charge in [0, 0.05) is 0 Å². The maximum Gasteiger partial charge on any atom is 1.00 e. The number of hydrogen-bond donors (Lipinski definition) is 0. The molecule has 0 spiro atoms. The summed E-state index contributed by atoms with van der Waals surface area (Å²) in [5.41, 5.74) is 2.36. The molecule has 0 amide bonds. The molecule has 2 aromatic rings. The number of benzene rings is 2. The van der Waals surface area contributed by atoms with Gasteiger partial charge in [-0.1, -0.05) is 66.8 Å². The standard InChI is InChI=1S/C16H17O2P.2Na/c17-19(18)13-16(15-9-5-2-6-10-15)12-11-14-7-3-1-4-8-14;;/h1-10,16H,11-13H2;;/q-2;2*+1. The van der Waals surface area contributed by atoms with E-state index in [2.05, 4.69) is 12.1 Å². The molecule has 0 aliphatic rings. The van der Waals surface area contributed by atoms with E-state index in [1.165, 1.54) is 5.56 Å². The van der Waals surface area contributed by atoms with E-state index in [0.29, 0.717) is 0 Å². The van der Waals surface area contributed by atoms with Gasteiger partial charge in [0.2, 0.25) is 0 Å². The van der Waals surface area contributed by atoms with Crippen LogP contribution < -0.4 is 68.9 Å². The van der Waals surface area contributed by atoms with Crippen molar-refractivity contribution < 1.29 is 68.9 Å². The van der Waals surface area contributed by atoms with Crippen LogP contribution in [-0.2, 0) is 6.42 Å². The first-order valence-corrected chi connectivity index (χ1v) is 7.82. The molecule has 0 aliphatic carbocycles. The van der Waals surface area contributed by atoms with Crippen molar-refractivity contribution in [2.75, 3.05) is 6.16 Å². The van der Waals surface area contributed by atoms with Crippen molar-refractivity contribution in [1.82, 2.24) is 0 Å².